The van der Waals surface area contributed by atoms with Crippen molar-refractivity contribution in [2.24, 2.45) is 11.8 Å². The number of aromatic nitrogens is 1. The molecule has 1 saturated carbocycles. The smallest absolute Gasteiger partial charge is 0.251 e. The summed E-state index contributed by atoms with van der Waals surface area (Å²) in [5, 5.41) is 3.10. The summed E-state index contributed by atoms with van der Waals surface area (Å²) in [6.45, 7) is 7.96. The number of rotatable bonds is 6. The van der Waals surface area contributed by atoms with Crippen LogP contribution in [0, 0.1) is 11.8 Å². The Labute approximate surface area is 194 Å². The molecule has 3 unspecified atom stereocenters. The highest BCUT2D eigenvalue weighted by molar-refractivity contribution is 9.10. The van der Waals surface area contributed by atoms with Crippen LogP contribution in [0.5, 0.6) is 0 Å². The van der Waals surface area contributed by atoms with Gasteiger partial charge in [0.15, 0.2) is 0 Å². The van der Waals surface area contributed by atoms with Crippen LogP contribution in [0.1, 0.15) is 60.2 Å². The highest BCUT2D eigenvalue weighted by Gasteiger charge is 2.49. The molecule has 0 radical (unpaired) electrons. The third kappa shape index (κ3) is 4.19. The number of hydrogen-bond donors (Lipinski definition) is 1. The van der Waals surface area contributed by atoms with E-state index in [0.717, 1.165) is 34.5 Å². The average molecular weight is 482 g/mol. The van der Waals surface area contributed by atoms with Crippen LogP contribution in [0.3, 0.4) is 0 Å². The first-order chi connectivity index (χ1) is 14.9. The maximum atomic E-state index is 12.9. The monoisotopic (exact) mass is 481 g/mol. The standard InChI is InChI=1S/C26H32BrN3O/c1-17-23-14-20-6-7-21(25(31)28-11-9-18-5-8-24(27)29-15-18)13-22(20)26(17,2)10-12-30(23)16-19-3-4-19/h5-8,13,15,17,19,23H,3-4,9-12,14,16H2,1-2H3,(H,28,31). The summed E-state index contributed by atoms with van der Waals surface area (Å²) in [6, 6.07) is 11.1. The van der Waals surface area contributed by atoms with Gasteiger partial charge in [-0.15, -0.1) is 0 Å². The second-order valence-corrected chi connectivity index (χ2v) is 10.8. The minimum Gasteiger partial charge on any atom is -0.352 e. The Morgan fingerprint density at radius 1 is 1.29 bits per heavy atom. The molecule has 3 aliphatic rings. The second kappa shape index (κ2) is 8.32. The first-order valence-electron chi connectivity index (χ1n) is 11.7. The number of hydrogen-bond acceptors (Lipinski definition) is 3. The highest BCUT2D eigenvalue weighted by Crippen LogP contribution is 2.49. The van der Waals surface area contributed by atoms with E-state index in [0.29, 0.717) is 18.5 Å². The Balaban J connectivity index is 1.28. The van der Waals surface area contributed by atoms with Crippen LogP contribution in [0.25, 0.3) is 0 Å². The molecule has 1 saturated heterocycles. The molecular formula is C26H32BrN3O. The predicted molar refractivity (Wildman–Crippen MR) is 127 cm³/mol. The van der Waals surface area contributed by atoms with Crippen molar-refractivity contribution in [3.8, 4) is 0 Å². The van der Waals surface area contributed by atoms with Crippen molar-refractivity contribution in [2.75, 3.05) is 19.6 Å². The van der Waals surface area contributed by atoms with Gasteiger partial charge in [0.1, 0.15) is 4.60 Å². The molecular weight excluding hydrogens is 450 g/mol. The molecule has 2 heterocycles. The number of halogens is 1. The van der Waals surface area contributed by atoms with E-state index in [1.165, 1.54) is 43.5 Å². The number of carbonyl (C=O) groups is 1. The van der Waals surface area contributed by atoms with E-state index in [2.05, 4.69) is 57.1 Å². The summed E-state index contributed by atoms with van der Waals surface area (Å²) in [7, 11) is 0. The Morgan fingerprint density at radius 3 is 2.87 bits per heavy atom. The molecule has 5 rings (SSSR count). The Bertz CT molecular complexity index is 971. The van der Waals surface area contributed by atoms with E-state index in [1.54, 1.807) is 0 Å². The maximum Gasteiger partial charge on any atom is 0.251 e. The molecule has 31 heavy (non-hydrogen) atoms. The molecule has 1 N–H and O–H groups in total. The minimum atomic E-state index is 0.0254. The number of amides is 1. The van der Waals surface area contributed by atoms with Crippen molar-refractivity contribution in [1.29, 1.82) is 0 Å². The first-order valence-corrected chi connectivity index (χ1v) is 12.5. The topological polar surface area (TPSA) is 45.2 Å². The fourth-order valence-electron chi connectivity index (χ4n) is 5.68. The van der Waals surface area contributed by atoms with Gasteiger partial charge >= 0.3 is 0 Å². The lowest BCUT2D eigenvalue weighted by molar-refractivity contribution is 0.0284. The molecule has 0 spiro atoms. The largest absolute Gasteiger partial charge is 0.352 e. The quantitative estimate of drug-likeness (QED) is 0.605. The van der Waals surface area contributed by atoms with Gasteiger partial charge in [0, 0.05) is 30.9 Å². The summed E-state index contributed by atoms with van der Waals surface area (Å²) in [6.07, 6.45) is 7.78. The maximum absolute atomic E-state index is 12.9. The van der Waals surface area contributed by atoms with Crippen molar-refractivity contribution >= 4 is 21.8 Å². The van der Waals surface area contributed by atoms with Crippen LogP contribution >= 0.6 is 15.9 Å². The van der Waals surface area contributed by atoms with Gasteiger partial charge in [-0.3, -0.25) is 9.69 Å². The van der Waals surface area contributed by atoms with Crippen molar-refractivity contribution in [2.45, 2.75) is 57.4 Å². The number of benzene rings is 1. The Morgan fingerprint density at radius 2 is 2.13 bits per heavy atom. The summed E-state index contributed by atoms with van der Waals surface area (Å²) < 4.78 is 0.831. The number of nitrogens with zero attached hydrogens (tertiary/aromatic N) is 2. The first kappa shape index (κ1) is 21.1. The van der Waals surface area contributed by atoms with E-state index in [9.17, 15) is 4.79 Å². The zero-order chi connectivity index (χ0) is 21.6. The van der Waals surface area contributed by atoms with E-state index < -0.39 is 0 Å². The fourth-order valence-corrected chi connectivity index (χ4v) is 5.92. The van der Waals surface area contributed by atoms with Crippen LogP contribution in [-0.2, 0) is 18.3 Å². The molecule has 2 aromatic rings. The van der Waals surface area contributed by atoms with Crippen molar-refractivity contribution in [3.63, 3.8) is 0 Å². The normalized spacial score (nSPS) is 27.6. The van der Waals surface area contributed by atoms with Crippen LogP contribution in [0.2, 0.25) is 0 Å². The van der Waals surface area contributed by atoms with E-state index >= 15 is 0 Å². The number of pyridine rings is 1. The van der Waals surface area contributed by atoms with Gasteiger partial charge in [-0.05, 0) is 107 Å². The number of carbonyl (C=O) groups excluding carboxylic acids is 1. The van der Waals surface area contributed by atoms with Gasteiger partial charge in [0.2, 0.25) is 0 Å². The van der Waals surface area contributed by atoms with E-state index in [-0.39, 0.29) is 11.3 Å². The van der Waals surface area contributed by atoms with Crippen molar-refractivity contribution in [3.05, 3.63) is 63.4 Å². The number of nitrogens with one attached hydrogen (secondary N) is 1. The summed E-state index contributed by atoms with van der Waals surface area (Å²) in [5.41, 5.74) is 4.94. The molecule has 5 heteroatoms. The van der Waals surface area contributed by atoms with Crippen molar-refractivity contribution in [1.82, 2.24) is 15.2 Å². The molecule has 3 atom stereocenters. The van der Waals surface area contributed by atoms with E-state index in [4.69, 9.17) is 0 Å². The lowest BCUT2D eigenvalue weighted by Gasteiger charge is -2.55. The molecule has 1 amide bonds. The SMILES string of the molecule is CC1C2Cc3ccc(C(=O)NCCc4ccc(Br)nc4)cc3C1(C)CCN2CC1CC1. The lowest BCUT2D eigenvalue weighted by Crippen LogP contribution is -2.58. The van der Waals surface area contributed by atoms with Gasteiger partial charge < -0.3 is 5.32 Å². The van der Waals surface area contributed by atoms with Gasteiger partial charge in [-0.25, -0.2) is 4.98 Å². The Kier molecular flexibility index (Phi) is 5.68. The van der Waals surface area contributed by atoms with Gasteiger partial charge in [-0.2, -0.15) is 0 Å². The molecule has 4 nitrogen and oxygen atoms in total. The lowest BCUT2D eigenvalue weighted by atomic mass is 9.59. The Hall–Kier alpha value is -1.72. The van der Waals surface area contributed by atoms with E-state index in [1.807, 2.05) is 24.4 Å². The van der Waals surface area contributed by atoms with Crippen LogP contribution in [-0.4, -0.2) is 41.5 Å². The molecule has 2 bridgehead atoms. The van der Waals surface area contributed by atoms with Crippen molar-refractivity contribution < 1.29 is 4.79 Å². The second-order valence-electron chi connectivity index (χ2n) is 10.0. The zero-order valence-electron chi connectivity index (χ0n) is 18.5. The predicted octanol–water partition coefficient (Wildman–Crippen LogP) is 4.75. The third-order valence-corrected chi connectivity index (χ3v) is 8.53. The average Bonchev–Trinajstić information content (AvgIpc) is 3.58. The third-order valence-electron chi connectivity index (χ3n) is 8.06. The summed E-state index contributed by atoms with van der Waals surface area (Å²) >= 11 is 3.36. The summed E-state index contributed by atoms with van der Waals surface area (Å²) in [4.78, 5) is 19.9. The number of likely N-dealkylation sites (tertiary alicyclic amines) is 1. The molecule has 164 valence electrons. The van der Waals surface area contributed by atoms with Gasteiger partial charge in [0.25, 0.3) is 5.91 Å². The molecule has 1 aromatic heterocycles. The van der Waals surface area contributed by atoms with Gasteiger partial charge in [0.05, 0.1) is 0 Å². The van der Waals surface area contributed by atoms with Crippen LogP contribution in [0.4, 0.5) is 0 Å². The summed E-state index contributed by atoms with van der Waals surface area (Å²) in [5.74, 6) is 1.59. The highest BCUT2D eigenvalue weighted by atomic mass is 79.9. The van der Waals surface area contributed by atoms with Crippen LogP contribution in [0.15, 0.2) is 41.1 Å². The zero-order valence-corrected chi connectivity index (χ0v) is 20.1. The number of fused-ring (bicyclic) bond motifs is 4. The molecule has 1 aromatic carbocycles. The number of piperidine rings is 1. The molecule has 1 aliphatic heterocycles. The fraction of sp³-hybridized carbons (Fsp3) is 0.538. The van der Waals surface area contributed by atoms with Gasteiger partial charge in [-0.1, -0.05) is 26.0 Å². The minimum absolute atomic E-state index is 0.0254. The molecule has 2 aliphatic carbocycles. The molecule has 2 fully saturated rings. The van der Waals surface area contributed by atoms with Crippen LogP contribution < -0.4 is 5.32 Å².